The molecule has 0 aliphatic heterocycles. The second-order valence-electron chi connectivity index (χ2n) is 4.57. The Hall–Kier alpha value is -1.74. The van der Waals surface area contributed by atoms with Crippen LogP contribution in [0.1, 0.15) is 11.4 Å². The molecule has 0 N–H and O–H groups in total. The van der Waals surface area contributed by atoms with Crippen molar-refractivity contribution in [2.75, 3.05) is 0 Å². The molecule has 0 fully saturated rings. The van der Waals surface area contributed by atoms with Gasteiger partial charge < -0.3 is 4.57 Å². The fraction of sp³-hybridized carbons (Fsp3) is 0.214. The second-order valence-corrected chi connectivity index (χ2v) is 4.93. The van der Waals surface area contributed by atoms with Gasteiger partial charge in [-0.25, -0.2) is 0 Å². The van der Waals surface area contributed by atoms with E-state index in [0.717, 1.165) is 16.6 Å². The van der Waals surface area contributed by atoms with Crippen molar-refractivity contribution in [3.8, 4) is 5.69 Å². The fourth-order valence-electron chi connectivity index (χ4n) is 2.42. The molecular formula is C14H14ClN3. The van der Waals surface area contributed by atoms with Crippen LogP contribution in [0.5, 0.6) is 0 Å². The maximum Gasteiger partial charge on any atom is 0.158 e. The van der Waals surface area contributed by atoms with Crippen molar-refractivity contribution in [1.82, 2.24) is 14.3 Å². The summed E-state index contributed by atoms with van der Waals surface area (Å²) in [4.78, 5) is 0. The summed E-state index contributed by atoms with van der Waals surface area (Å²) in [7, 11) is 1.91. The van der Waals surface area contributed by atoms with Gasteiger partial charge in [0.2, 0.25) is 0 Å². The molecule has 3 nitrogen and oxygen atoms in total. The summed E-state index contributed by atoms with van der Waals surface area (Å²) in [6.45, 7) is 4.21. The van der Waals surface area contributed by atoms with E-state index in [-0.39, 0.29) is 0 Å². The van der Waals surface area contributed by atoms with E-state index in [9.17, 15) is 0 Å². The molecule has 0 saturated carbocycles. The van der Waals surface area contributed by atoms with Crippen LogP contribution in [0.4, 0.5) is 0 Å². The Morgan fingerprint density at radius 1 is 1.06 bits per heavy atom. The largest absolute Gasteiger partial charge is 0.318 e. The van der Waals surface area contributed by atoms with Crippen molar-refractivity contribution in [2.45, 2.75) is 13.8 Å². The van der Waals surface area contributed by atoms with Crippen molar-refractivity contribution >= 4 is 22.5 Å². The Kier molecular flexibility index (Phi) is 2.45. The van der Waals surface area contributed by atoms with Gasteiger partial charge in [-0.2, -0.15) is 5.10 Å². The molecule has 2 aromatic heterocycles. The number of halogens is 1. The first kappa shape index (κ1) is 11.4. The van der Waals surface area contributed by atoms with Gasteiger partial charge in [-0.15, -0.1) is 0 Å². The molecule has 0 amide bonds. The van der Waals surface area contributed by atoms with E-state index in [1.807, 2.05) is 17.8 Å². The van der Waals surface area contributed by atoms with Crippen LogP contribution in [0.15, 0.2) is 30.3 Å². The molecule has 2 heterocycles. The zero-order valence-electron chi connectivity index (χ0n) is 10.6. The quantitative estimate of drug-likeness (QED) is 0.654. The molecule has 0 unspecified atom stereocenters. The maximum atomic E-state index is 6.08. The van der Waals surface area contributed by atoms with E-state index in [1.165, 1.54) is 11.4 Å². The molecule has 0 radical (unpaired) electrons. The zero-order valence-corrected chi connectivity index (χ0v) is 11.4. The zero-order chi connectivity index (χ0) is 12.9. The van der Waals surface area contributed by atoms with Crippen LogP contribution < -0.4 is 0 Å². The Morgan fingerprint density at radius 2 is 1.72 bits per heavy atom. The highest BCUT2D eigenvalue weighted by Gasteiger charge is 2.09. The molecule has 0 bridgehead atoms. The van der Waals surface area contributed by atoms with E-state index in [0.29, 0.717) is 5.15 Å². The highest BCUT2D eigenvalue weighted by molar-refractivity contribution is 6.34. The fourth-order valence-corrected chi connectivity index (χ4v) is 2.69. The van der Waals surface area contributed by atoms with Gasteiger partial charge in [0.15, 0.2) is 5.15 Å². The number of aromatic nitrogens is 3. The molecule has 0 aliphatic rings. The van der Waals surface area contributed by atoms with Gasteiger partial charge in [-0.1, -0.05) is 11.6 Å². The van der Waals surface area contributed by atoms with Crippen molar-refractivity contribution in [1.29, 1.82) is 0 Å². The summed E-state index contributed by atoms with van der Waals surface area (Å²) in [5, 5.41) is 5.78. The Bertz CT molecular complexity index is 717. The highest BCUT2D eigenvalue weighted by atomic mass is 35.5. The smallest absolute Gasteiger partial charge is 0.158 e. The van der Waals surface area contributed by atoms with Gasteiger partial charge in [0, 0.05) is 29.5 Å². The first-order chi connectivity index (χ1) is 8.58. The van der Waals surface area contributed by atoms with Crippen LogP contribution in [0.2, 0.25) is 5.15 Å². The molecular weight excluding hydrogens is 246 g/mol. The average molecular weight is 260 g/mol. The topological polar surface area (TPSA) is 22.8 Å². The monoisotopic (exact) mass is 259 g/mol. The first-order valence-corrected chi connectivity index (χ1v) is 6.23. The Labute approximate surface area is 111 Å². The van der Waals surface area contributed by atoms with E-state index in [2.05, 4.69) is 47.8 Å². The number of fused-ring (bicyclic) bond motifs is 1. The van der Waals surface area contributed by atoms with Gasteiger partial charge in [0.05, 0.1) is 5.52 Å². The molecule has 0 spiro atoms. The molecule has 0 aliphatic carbocycles. The third kappa shape index (κ3) is 1.55. The summed E-state index contributed by atoms with van der Waals surface area (Å²) in [6.07, 6.45) is 0. The SMILES string of the molecule is Cc1ccc(C)n1-c1ccc2c(Cl)nn(C)c2c1. The van der Waals surface area contributed by atoms with Crippen molar-refractivity contribution in [3.05, 3.63) is 46.9 Å². The highest BCUT2D eigenvalue weighted by Crippen LogP contribution is 2.26. The molecule has 3 aromatic rings. The number of hydrogen-bond donors (Lipinski definition) is 0. The van der Waals surface area contributed by atoms with Gasteiger partial charge in [0.25, 0.3) is 0 Å². The first-order valence-electron chi connectivity index (χ1n) is 5.85. The molecule has 0 atom stereocenters. The molecule has 18 heavy (non-hydrogen) atoms. The summed E-state index contributed by atoms with van der Waals surface area (Å²) < 4.78 is 4.04. The van der Waals surface area contributed by atoms with Gasteiger partial charge in [0.1, 0.15) is 0 Å². The van der Waals surface area contributed by atoms with Crippen LogP contribution in [-0.2, 0) is 7.05 Å². The van der Waals surface area contributed by atoms with Crippen LogP contribution in [0.25, 0.3) is 16.6 Å². The van der Waals surface area contributed by atoms with Crippen molar-refractivity contribution in [3.63, 3.8) is 0 Å². The lowest BCUT2D eigenvalue weighted by Gasteiger charge is -2.09. The van der Waals surface area contributed by atoms with Gasteiger partial charge >= 0.3 is 0 Å². The Balaban J connectivity index is 2.29. The molecule has 1 aromatic carbocycles. The number of rotatable bonds is 1. The normalized spacial score (nSPS) is 11.3. The predicted octanol–water partition coefficient (Wildman–Crippen LogP) is 3.63. The summed E-state index contributed by atoms with van der Waals surface area (Å²) in [5.41, 5.74) is 4.63. The maximum absolute atomic E-state index is 6.08. The third-order valence-electron chi connectivity index (χ3n) is 3.32. The number of nitrogens with zero attached hydrogens (tertiary/aromatic N) is 3. The molecule has 3 rings (SSSR count). The minimum absolute atomic E-state index is 0.556. The van der Waals surface area contributed by atoms with E-state index < -0.39 is 0 Å². The average Bonchev–Trinajstić information content (AvgIpc) is 2.81. The second kappa shape index (κ2) is 3.89. The lowest BCUT2D eigenvalue weighted by molar-refractivity contribution is 0.796. The summed E-state index contributed by atoms with van der Waals surface area (Å²) >= 11 is 6.08. The Morgan fingerprint density at radius 3 is 2.39 bits per heavy atom. The minimum atomic E-state index is 0.556. The summed E-state index contributed by atoms with van der Waals surface area (Å²) in [5.74, 6) is 0. The standard InChI is InChI=1S/C14H14ClN3/c1-9-4-5-10(2)18(9)11-6-7-12-13(8-11)17(3)16-14(12)15/h4-8H,1-3H3. The minimum Gasteiger partial charge on any atom is -0.318 e. The molecule has 4 heteroatoms. The molecule has 92 valence electrons. The van der Waals surface area contributed by atoms with Crippen LogP contribution >= 0.6 is 11.6 Å². The van der Waals surface area contributed by atoms with E-state index in [4.69, 9.17) is 11.6 Å². The summed E-state index contributed by atoms with van der Waals surface area (Å²) in [6, 6.07) is 10.5. The van der Waals surface area contributed by atoms with Crippen LogP contribution in [0.3, 0.4) is 0 Å². The third-order valence-corrected chi connectivity index (χ3v) is 3.60. The van der Waals surface area contributed by atoms with Crippen molar-refractivity contribution in [2.24, 2.45) is 7.05 Å². The van der Waals surface area contributed by atoms with E-state index >= 15 is 0 Å². The predicted molar refractivity (Wildman–Crippen MR) is 74.5 cm³/mol. The van der Waals surface area contributed by atoms with Crippen molar-refractivity contribution < 1.29 is 0 Å². The van der Waals surface area contributed by atoms with E-state index in [1.54, 1.807) is 0 Å². The lowest BCUT2D eigenvalue weighted by atomic mass is 10.2. The number of aryl methyl sites for hydroxylation is 3. The number of hydrogen-bond acceptors (Lipinski definition) is 1. The van der Waals surface area contributed by atoms with Crippen LogP contribution in [-0.4, -0.2) is 14.3 Å². The van der Waals surface area contributed by atoms with Gasteiger partial charge in [-0.05, 0) is 44.2 Å². The lowest BCUT2D eigenvalue weighted by Crippen LogP contribution is -1.99. The van der Waals surface area contributed by atoms with Gasteiger partial charge in [-0.3, -0.25) is 4.68 Å². The van der Waals surface area contributed by atoms with Crippen LogP contribution in [0, 0.1) is 13.8 Å². The number of benzene rings is 1. The molecule has 0 saturated heterocycles.